The Balaban J connectivity index is 1.42. The molecule has 0 saturated heterocycles. The minimum atomic E-state index is -1.15. The largest absolute Gasteiger partial charge is 0.464 e. The standard InChI is InChI=1S/C23H26N2O4/c1-22(2,27)23(28)11-7-17(8-12-23)25-21(26)16-5-3-15(4-6-16)20-18-10-14-29-19(18)9-13-24-20/h3-6,9-10,13-14,17,27-28H,7-8,11-12H2,1-2H3,(H,25,26). The summed E-state index contributed by atoms with van der Waals surface area (Å²) in [6.45, 7) is 3.26. The van der Waals surface area contributed by atoms with Gasteiger partial charge >= 0.3 is 0 Å². The highest BCUT2D eigenvalue weighted by Crippen LogP contribution is 2.36. The van der Waals surface area contributed by atoms with Gasteiger partial charge in [0.2, 0.25) is 0 Å². The number of aromatic nitrogens is 1. The molecule has 1 amide bonds. The van der Waals surface area contributed by atoms with Crippen molar-refractivity contribution in [3.8, 4) is 11.3 Å². The molecule has 0 unspecified atom stereocenters. The van der Waals surface area contributed by atoms with E-state index in [0.29, 0.717) is 31.2 Å². The molecule has 152 valence electrons. The fourth-order valence-corrected chi connectivity index (χ4v) is 4.02. The monoisotopic (exact) mass is 394 g/mol. The number of rotatable bonds is 4. The van der Waals surface area contributed by atoms with Gasteiger partial charge in [0.05, 0.1) is 23.2 Å². The van der Waals surface area contributed by atoms with Gasteiger partial charge in [-0.05, 0) is 63.8 Å². The second-order valence-corrected chi connectivity index (χ2v) is 8.41. The van der Waals surface area contributed by atoms with Gasteiger partial charge in [0.25, 0.3) is 5.91 Å². The van der Waals surface area contributed by atoms with Crippen molar-refractivity contribution >= 4 is 16.9 Å². The molecule has 6 nitrogen and oxygen atoms in total. The first-order chi connectivity index (χ1) is 13.8. The predicted octanol–water partition coefficient (Wildman–Crippen LogP) is 3.67. The van der Waals surface area contributed by atoms with Crippen LogP contribution in [0.3, 0.4) is 0 Å². The van der Waals surface area contributed by atoms with Crippen LogP contribution in [0.25, 0.3) is 22.2 Å². The number of aliphatic hydroxyl groups is 2. The van der Waals surface area contributed by atoms with Gasteiger partial charge in [-0.2, -0.15) is 0 Å². The maximum Gasteiger partial charge on any atom is 0.251 e. The Bertz CT molecular complexity index is 1010. The van der Waals surface area contributed by atoms with Crippen LogP contribution in [0.5, 0.6) is 0 Å². The highest BCUT2D eigenvalue weighted by atomic mass is 16.4. The SMILES string of the molecule is CC(C)(O)C1(O)CCC(NC(=O)c2ccc(-c3nccc4occc34)cc2)CC1. The lowest BCUT2D eigenvalue weighted by Crippen LogP contribution is -2.54. The minimum absolute atomic E-state index is 0.00820. The lowest BCUT2D eigenvalue weighted by Gasteiger charge is -2.43. The average Bonchev–Trinajstić information content (AvgIpc) is 3.18. The fourth-order valence-electron chi connectivity index (χ4n) is 4.02. The van der Waals surface area contributed by atoms with Crippen LogP contribution in [0.1, 0.15) is 49.9 Å². The van der Waals surface area contributed by atoms with Crippen molar-refractivity contribution in [2.45, 2.75) is 56.8 Å². The number of benzene rings is 1. The number of nitrogens with zero attached hydrogens (tertiary/aromatic N) is 1. The highest BCUT2D eigenvalue weighted by Gasteiger charge is 2.44. The summed E-state index contributed by atoms with van der Waals surface area (Å²) in [6.07, 6.45) is 5.54. The molecular weight excluding hydrogens is 368 g/mol. The number of carbonyl (C=O) groups is 1. The van der Waals surface area contributed by atoms with E-state index in [2.05, 4.69) is 10.3 Å². The molecule has 0 atom stereocenters. The van der Waals surface area contributed by atoms with Crippen molar-refractivity contribution in [2.24, 2.45) is 0 Å². The Kier molecular flexibility index (Phi) is 4.92. The summed E-state index contributed by atoms with van der Waals surface area (Å²) in [6, 6.07) is 11.1. The van der Waals surface area contributed by atoms with Crippen molar-refractivity contribution in [1.82, 2.24) is 10.3 Å². The van der Waals surface area contributed by atoms with Crippen molar-refractivity contribution < 1.29 is 19.4 Å². The van der Waals surface area contributed by atoms with Crippen molar-refractivity contribution in [2.75, 3.05) is 0 Å². The van der Waals surface area contributed by atoms with E-state index in [0.717, 1.165) is 22.2 Å². The van der Waals surface area contributed by atoms with Crippen LogP contribution in [0, 0.1) is 0 Å². The van der Waals surface area contributed by atoms with E-state index in [9.17, 15) is 15.0 Å². The molecule has 1 aliphatic rings. The van der Waals surface area contributed by atoms with Crippen molar-refractivity contribution in [3.05, 3.63) is 54.4 Å². The quantitative estimate of drug-likeness (QED) is 0.628. The van der Waals surface area contributed by atoms with Crippen molar-refractivity contribution in [3.63, 3.8) is 0 Å². The van der Waals surface area contributed by atoms with E-state index in [-0.39, 0.29) is 11.9 Å². The fraction of sp³-hybridized carbons (Fsp3) is 0.391. The van der Waals surface area contributed by atoms with Gasteiger partial charge in [-0.15, -0.1) is 0 Å². The lowest BCUT2D eigenvalue weighted by molar-refractivity contribution is -0.150. The topological polar surface area (TPSA) is 95.6 Å². The van der Waals surface area contributed by atoms with Gasteiger partial charge in [-0.3, -0.25) is 9.78 Å². The predicted molar refractivity (Wildman–Crippen MR) is 110 cm³/mol. The van der Waals surface area contributed by atoms with Crippen LogP contribution < -0.4 is 5.32 Å². The van der Waals surface area contributed by atoms with E-state index in [4.69, 9.17) is 4.42 Å². The van der Waals surface area contributed by atoms with E-state index >= 15 is 0 Å². The Morgan fingerprint density at radius 3 is 2.52 bits per heavy atom. The molecule has 0 radical (unpaired) electrons. The normalized spacial score (nSPS) is 22.6. The molecule has 1 fully saturated rings. The Hall–Kier alpha value is -2.70. The van der Waals surface area contributed by atoms with Gasteiger partial charge in [-0.1, -0.05) is 12.1 Å². The molecule has 4 rings (SSSR count). The zero-order valence-corrected chi connectivity index (χ0v) is 16.7. The Labute approximate surface area is 169 Å². The molecule has 1 saturated carbocycles. The second kappa shape index (κ2) is 7.28. The molecule has 0 aliphatic heterocycles. The summed E-state index contributed by atoms with van der Waals surface area (Å²) < 4.78 is 5.42. The zero-order valence-electron chi connectivity index (χ0n) is 16.7. The van der Waals surface area contributed by atoms with Crippen LogP contribution in [-0.4, -0.2) is 38.3 Å². The van der Waals surface area contributed by atoms with Crippen LogP contribution in [-0.2, 0) is 0 Å². The first kappa shape index (κ1) is 19.6. The molecule has 1 aliphatic carbocycles. The number of carbonyl (C=O) groups excluding carboxylic acids is 1. The zero-order chi connectivity index (χ0) is 20.6. The molecule has 1 aromatic carbocycles. The van der Waals surface area contributed by atoms with Gasteiger partial charge in [0.1, 0.15) is 5.58 Å². The average molecular weight is 394 g/mol. The first-order valence-electron chi connectivity index (χ1n) is 9.95. The Morgan fingerprint density at radius 1 is 1.17 bits per heavy atom. The third-order valence-electron chi connectivity index (χ3n) is 6.09. The molecule has 2 aromatic heterocycles. The van der Waals surface area contributed by atoms with E-state index in [1.54, 1.807) is 38.4 Å². The summed E-state index contributed by atoms with van der Waals surface area (Å²) in [5.74, 6) is -0.135. The molecule has 2 heterocycles. The number of nitrogens with one attached hydrogen (secondary N) is 1. The van der Waals surface area contributed by atoms with E-state index < -0.39 is 11.2 Å². The summed E-state index contributed by atoms with van der Waals surface area (Å²) in [7, 11) is 0. The summed E-state index contributed by atoms with van der Waals surface area (Å²) in [5.41, 5.74) is 0.847. The molecular formula is C23H26N2O4. The van der Waals surface area contributed by atoms with Crippen LogP contribution in [0.2, 0.25) is 0 Å². The summed E-state index contributed by atoms with van der Waals surface area (Å²) >= 11 is 0. The smallest absolute Gasteiger partial charge is 0.251 e. The van der Waals surface area contributed by atoms with Gasteiger partial charge in [-0.25, -0.2) is 0 Å². The number of hydrogen-bond donors (Lipinski definition) is 3. The second-order valence-electron chi connectivity index (χ2n) is 8.41. The highest BCUT2D eigenvalue weighted by molar-refractivity contribution is 5.96. The molecule has 3 N–H and O–H groups in total. The first-order valence-corrected chi connectivity index (χ1v) is 9.95. The van der Waals surface area contributed by atoms with Gasteiger partial charge < -0.3 is 19.9 Å². The lowest BCUT2D eigenvalue weighted by atomic mass is 9.73. The van der Waals surface area contributed by atoms with Crippen LogP contribution >= 0.6 is 0 Å². The molecule has 0 spiro atoms. The molecule has 29 heavy (non-hydrogen) atoms. The summed E-state index contributed by atoms with van der Waals surface area (Å²) in [4.78, 5) is 17.1. The third kappa shape index (κ3) is 3.78. The minimum Gasteiger partial charge on any atom is -0.464 e. The van der Waals surface area contributed by atoms with Gasteiger partial charge in [0, 0.05) is 28.8 Å². The molecule has 6 heteroatoms. The summed E-state index contributed by atoms with van der Waals surface area (Å²) in [5, 5.41) is 24.8. The number of pyridine rings is 1. The number of furan rings is 1. The maximum absolute atomic E-state index is 12.6. The van der Waals surface area contributed by atoms with E-state index in [1.807, 2.05) is 24.3 Å². The Morgan fingerprint density at radius 2 is 1.86 bits per heavy atom. The number of fused-ring (bicyclic) bond motifs is 1. The maximum atomic E-state index is 12.6. The molecule has 0 bridgehead atoms. The van der Waals surface area contributed by atoms with E-state index in [1.165, 1.54) is 0 Å². The van der Waals surface area contributed by atoms with Crippen molar-refractivity contribution in [1.29, 1.82) is 0 Å². The number of hydrogen-bond acceptors (Lipinski definition) is 5. The third-order valence-corrected chi connectivity index (χ3v) is 6.09. The van der Waals surface area contributed by atoms with Gasteiger partial charge in [0.15, 0.2) is 0 Å². The van der Waals surface area contributed by atoms with Crippen LogP contribution in [0.15, 0.2) is 53.3 Å². The molecule has 3 aromatic rings. The van der Waals surface area contributed by atoms with Crippen LogP contribution in [0.4, 0.5) is 0 Å². The number of amides is 1.